The van der Waals surface area contributed by atoms with Gasteiger partial charge in [0.05, 0.1) is 11.7 Å². The molecule has 1 aromatic heterocycles. The number of benzene rings is 2. The minimum Gasteiger partial charge on any atom is -0.475 e. The quantitative estimate of drug-likeness (QED) is 0.283. The van der Waals surface area contributed by atoms with Gasteiger partial charge in [0.25, 0.3) is 5.91 Å². The summed E-state index contributed by atoms with van der Waals surface area (Å²) in [4.78, 5) is 27.7. The lowest BCUT2D eigenvalue weighted by Crippen LogP contribution is -2.61. The van der Waals surface area contributed by atoms with Gasteiger partial charge in [-0.3, -0.25) is 14.4 Å². The molecule has 2 atom stereocenters. The van der Waals surface area contributed by atoms with E-state index >= 15 is 0 Å². The number of rotatable bonds is 6. The Hall–Kier alpha value is -3.31. The summed E-state index contributed by atoms with van der Waals surface area (Å²) in [7, 11) is 1.52. The lowest BCUT2D eigenvalue weighted by atomic mass is 9.82. The van der Waals surface area contributed by atoms with Crippen LogP contribution in [0.4, 0.5) is 19.1 Å². The average Bonchev–Trinajstić information content (AvgIpc) is 2.94. The van der Waals surface area contributed by atoms with Crippen LogP contribution in [0, 0.1) is 19.8 Å². The Bertz CT molecular complexity index is 1470. The smallest absolute Gasteiger partial charge is 0.403 e. The fourth-order valence-electron chi connectivity index (χ4n) is 6.12. The number of hydrogen-bond acceptors (Lipinski definition) is 7. The molecule has 0 saturated heterocycles. The number of ether oxygens (including phenoxy) is 1. The first-order valence-corrected chi connectivity index (χ1v) is 15.9. The molecule has 0 spiro atoms. The van der Waals surface area contributed by atoms with Crippen LogP contribution >= 0.6 is 11.9 Å². The van der Waals surface area contributed by atoms with Crippen LogP contribution in [0.5, 0.6) is 5.88 Å². The van der Waals surface area contributed by atoms with Crippen molar-refractivity contribution >= 4 is 23.8 Å². The summed E-state index contributed by atoms with van der Waals surface area (Å²) in [5.74, 6) is 0.873. The zero-order valence-electron chi connectivity index (χ0n) is 26.0. The van der Waals surface area contributed by atoms with E-state index in [1.165, 1.54) is 30.8 Å². The fraction of sp³-hybridized carbons (Fsp3) is 0.485. The van der Waals surface area contributed by atoms with E-state index in [1.54, 1.807) is 6.07 Å². The summed E-state index contributed by atoms with van der Waals surface area (Å²) in [5.41, 5.74) is 4.42. The number of fused-ring (bicyclic) bond motifs is 4. The predicted octanol–water partition coefficient (Wildman–Crippen LogP) is 7.54. The number of halogens is 3. The molecule has 1 unspecified atom stereocenters. The molecule has 11 heteroatoms. The van der Waals surface area contributed by atoms with Gasteiger partial charge in [-0.1, -0.05) is 38.1 Å². The van der Waals surface area contributed by atoms with Crippen LogP contribution in [-0.4, -0.2) is 69.7 Å². The van der Waals surface area contributed by atoms with Gasteiger partial charge in [0.1, 0.15) is 12.6 Å². The maximum Gasteiger partial charge on any atom is 0.403 e. The van der Waals surface area contributed by atoms with Crippen molar-refractivity contribution in [1.29, 1.82) is 0 Å². The molecule has 44 heavy (non-hydrogen) atoms. The Morgan fingerprint density at radius 3 is 2.41 bits per heavy atom. The molecule has 3 aromatic rings. The van der Waals surface area contributed by atoms with Gasteiger partial charge in [0, 0.05) is 34.2 Å². The molecule has 2 heterocycles. The van der Waals surface area contributed by atoms with Crippen molar-refractivity contribution in [2.75, 3.05) is 18.4 Å². The number of alkyl halides is 3. The molecular weight excluding hydrogens is 587 g/mol. The number of hydrogen-bond donors (Lipinski definition) is 1. The van der Waals surface area contributed by atoms with Gasteiger partial charge < -0.3 is 9.64 Å². The van der Waals surface area contributed by atoms with E-state index in [0.717, 1.165) is 27.3 Å². The monoisotopic (exact) mass is 627 g/mol. The Kier molecular flexibility index (Phi) is 9.46. The van der Waals surface area contributed by atoms with E-state index in [2.05, 4.69) is 23.6 Å². The molecule has 2 aliphatic rings. The van der Waals surface area contributed by atoms with E-state index in [1.807, 2.05) is 61.2 Å². The standard InChI is InChI=1S/C33H40F3N5O2S/c1-19(2)13-26-18-43-29-17-28(30-20(3)9-7-10-21(30)4)37-32(38-29)39-44-27-12-8-11-23(14-27)31(42)41(26)25-15-24(16-25)40(6)22(5)33(34,35)36/h7-12,14,17,19,22,24-26H,13,15-16,18H2,1-6H3,(H,37,38,39)/t22-,24?,25?,26?/m1/s1. The molecule has 1 aliphatic heterocycles. The van der Waals surface area contributed by atoms with Crippen LogP contribution in [0.2, 0.25) is 0 Å². The first-order chi connectivity index (χ1) is 20.8. The summed E-state index contributed by atoms with van der Waals surface area (Å²) in [6, 6.07) is 12.9. The Balaban J connectivity index is 1.51. The number of carbonyl (C=O) groups is 1. The van der Waals surface area contributed by atoms with Crippen molar-refractivity contribution in [3.8, 4) is 17.1 Å². The third kappa shape index (κ3) is 6.99. The Morgan fingerprint density at radius 1 is 1.07 bits per heavy atom. The maximum absolute atomic E-state index is 14.2. The second-order valence-electron chi connectivity index (χ2n) is 12.4. The largest absolute Gasteiger partial charge is 0.475 e. The summed E-state index contributed by atoms with van der Waals surface area (Å²) in [6.45, 7) is 9.65. The molecule has 1 amide bonds. The highest BCUT2D eigenvalue weighted by molar-refractivity contribution is 8.00. The van der Waals surface area contributed by atoms with Crippen molar-refractivity contribution in [2.24, 2.45) is 5.92 Å². The van der Waals surface area contributed by atoms with Gasteiger partial charge in [0.15, 0.2) is 0 Å². The van der Waals surface area contributed by atoms with Crippen molar-refractivity contribution in [3.05, 3.63) is 65.2 Å². The van der Waals surface area contributed by atoms with Crippen LogP contribution < -0.4 is 9.46 Å². The zero-order chi connectivity index (χ0) is 31.8. The highest BCUT2D eigenvalue weighted by Crippen LogP contribution is 2.37. The van der Waals surface area contributed by atoms with Crippen LogP contribution in [0.15, 0.2) is 53.4 Å². The lowest BCUT2D eigenvalue weighted by Gasteiger charge is -2.50. The molecule has 7 nitrogen and oxygen atoms in total. The molecular formula is C33H40F3N5O2S. The summed E-state index contributed by atoms with van der Waals surface area (Å²) in [6.07, 6.45) is -2.73. The predicted molar refractivity (Wildman–Crippen MR) is 168 cm³/mol. The zero-order valence-corrected chi connectivity index (χ0v) is 26.8. The van der Waals surface area contributed by atoms with Crippen molar-refractivity contribution in [1.82, 2.24) is 19.8 Å². The first kappa shape index (κ1) is 32.1. The van der Waals surface area contributed by atoms with E-state index < -0.39 is 12.2 Å². The topological polar surface area (TPSA) is 70.6 Å². The van der Waals surface area contributed by atoms with Crippen molar-refractivity contribution in [2.45, 2.75) is 89.1 Å². The molecule has 0 radical (unpaired) electrons. The van der Waals surface area contributed by atoms with E-state index in [-0.39, 0.29) is 36.6 Å². The SMILES string of the molecule is Cc1cccc(C)c1-c1cc2nc(n1)NSc1cccc(c1)C(=O)N(C1CC(N(C)[C@H](C)C(F)(F)F)C1)C(CC(C)C)CO2. The van der Waals surface area contributed by atoms with Gasteiger partial charge in [-0.2, -0.15) is 18.2 Å². The number of amides is 1. The molecule has 5 rings (SSSR count). The third-order valence-electron chi connectivity index (χ3n) is 8.72. The van der Waals surface area contributed by atoms with Crippen LogP contribution in [0.25, 0.3) is 11.3 Å². The van der Waals surface area contributed by atoms with Crippen LogP contribution in [0.3, 0.4) is 0 Å². The highest BCUT2D eigenvalue weighted by atomic mass is 32.2. The van der Waals surface area contributed by atoms with Gasteiger partial charge in [0.2, 0.25) is 11.8 Å². The average molecular weight is 628 g/mol. The summed E-state index contributed by atoms with van der Waals surface area (Å²) >= 11 is 1.30. The van der Waals surface area contributed by atoms with E-state index in [0.29, 0.717) is 36.7 Å². The summed E-state index contributed by atoms with van der Waals surface area (Å²) < 4.78 is 50.0. The first-order valence-electron chi connectivity index (χ1n) is 15.0. The molecule has 2 aromatic carbocycles. The van der Waals surface area contributed by atoms with Gasteiger partial charge >= 0.3 is 6.18 Å². The number of carbonyl (C=O) groups excluding carboxylic acids is 1. The van der Waals surface area contributed by atoms with Crippen LogP contribution in [0.1, 0.15) is 61.5 Å². The molecule has 1 N–H and O–H groups in total. The molecule has 4 bridgehead atoms. The fourth-order valence-corrected chi connectivity index (χ4v) is 6.75. The van der Waals surface area contributed by atoms with E-state index in [4.69, 9.17) is 9.72 Å². The normalized spacial score (nSPS) is 21.5. The maximum atomic E-state index is 14.2. The third-order valence-corrected chi connectivity index (χ3v) is 9.49. The Labute approximate surface area is 261 Å². The minimum absolute atomic E-state index is 0.148. The number of nitrogens with zero attached hydrogens (tertiary/aromatic N) is 4. The summed E-state index contributed by atoms with van der Waals surface area (Å²) in [5, 5.41) is 0. The van der Waals surface area contributed by atoms with Crippen molar-refractivity contribution in [3.63, 3.8) is 0 Å². The highest BCUT2D eigenvalue weighted by Gasteiger charge is 2.47. The Morgan fingerprint density at radius 2 is 1.75 bits per heavy atom. The van der Waals surface area contributed by atoms with Gasteiger partial charge in [-0.15, -0.1) is 0 Å². The second kappa shape index (κ2) is 13.0. The molecule has 1 aliphatic carbocycles. The molecule has 236 valence electrons. The van der Waals surface area contributed by atoms with Crippen molar-refractivity contribution < 1.29 is 22.7 Å². The second-order valence-corrected chi connectivity index (χ2v) is 13.3. The molecule has 1 fully saturated rings. The minimum atomic E-state index is -4.31. The molecule has 1 saturated carbocycles. The number of aromatic nitrogens is 2. The van der Waals surface area contributed by atoms with E-state index in [9.17, 15) is 18.0 Å². The number of anilines is 1. The lowest BCUT2D eigenvalue weighted by molar-refractivity contribution is -0.186. The number of aryl methyl sites for hydroxylation is 2. The van der Waals surface area contributed by atoms with Gasteiger partial charge in [-0.25, -0.2) is 4.98 Å². The van der Waals surface area contributed by atoms with Gasteiger partial charge in [-0.05, 0) is 94.3 Å². The van der Waals surface area contributed by atoms with Crippen LogP contribution in [-0.2, 0) is 0 Å². The number of nitrogens with one attached hydrogen (secondary N) is 1.